The van der Waals surface area contributed by atoms with Crippen molar-refractivity contribution in [1.82, 2.24) is 19.4 Å². The maximum Gasteiger partial charge on any atom is 0.229 e. The summed E-state index contributed by atoms with van der Waals surface area (Å²) < 4.78 is 12.7. The summed E-state index contributed by atoms with van der Waals surface area (Å²) in [6.45, 7) is 3.55. The van der Waals surface area contributed by atoms with Gasteiger partial charge in [-0.25, -0.2) is 9.97 Å². The molecule has 2 aromatic carbocycles. The molecule has 5 rings (SSSR count). The van der Waals surface area contributed by atoms with Crippen molar-refractivity contribution in [3.8, 4) is 22.6 Å². The van der Waals surface area contributed by atoms with Gasteiger partial charge in [-0.2, -0.15) is 4.98 Å². The van der Waals surface area contributed by atoms with E-state index in [0.717, 1.165) is 16.6 Å². The molecule has 0 amide bonds. The molecule has 0 bridgehead atoms. The Bertz CT molecular complexity index is 1650. The van der Waals surface area contributed by atoms with E-state index >= 15 is 0 Å². The molecule has 0 aliphatic heterocycles. The Morgan fingerprint density at radius 1 is 1.08 bits per heavy atom. The number of imidazole rings is 1. The Hall–Kier alpha value is -4.14. The van der Waals surface area contributed by atoms with E-state index in [9.17, 15) is 4.79 Å². The number of anilines is 2. The van der Waals surface area contributed by atoms with Gasteiger partial charge in [0.2, 0.25) is 5.95 Å². The summed E-state index contributed by atoms with van der Waals surface area (Å²) in [6.07, 6.45) is 6.70. The molecular formula is C27H21Cl2N5O3. The van der Waals surface area contributed by atoms with Gasteiger partial charge in [-0.05, 0) is 23.8 Å². The molecule has 5 aromatic rings. The van der Waals surface area contributed by atoms with E-state index in [1.54, 1.807) is 24.7 Å². The smallest absolute Gasteiger partial charge is 0.229 e. The van der Waals surface area contributed by atoms with E-state index in [-0.39, 0.29) is 12.2 Å². The zero-order chi connectivity index (χ0) is 26.1. The average molecular weight is 534 g/mol. The van der Waals surface area contributed by atoms with Crippen LogP contribution in [0, 0.1) is 0 Å². The van der Waals surface area contributed by atoms with E-state index in [1.165, 1.54) is 20.3 Å². The molecule has 3 aromatic heterocycles. The molecular weight excluding hydrogens is 513 g/mol. The molecule has 0 unspecified atom stereocenters. The summed E-state index contributed by atoms with van der Waals surface area (Å²) in [5.41, 5.74) is 3.96. The third-order valence-electron chi connectivity index (χ3n) is 5.90. The predicted octanol–water partition coefficient (Wildman–Crippen LogP) is 6.31. The van der Waals surface area contributed by atoms with Crippen molar-refractivity contribution in [2.45, 2.75) is 6.42 Å². The molecule has 3 heterocycles. The average Bonchev–Trinajstić information content (AvgIpc) is 3.41. The van der Waals surface area contributed by atoms with Gasteiger partial charge in [-0.15, -0.1) is 0 Å². The lowest BCUT2D eigenvalue weighted by Crippen LogP contribution is -2.05. The van der Waals surface area contributed by atoms with Gasteiger partial charge in [0.1, 0.15) is 17.1 Å². The molecule has 8 nitrogen and oxygen atoms in total. The fourth-order valence-electron chi connectivity index (χ4n) is 4.11. The molecule has 0 aliphatic carbocycles. The minimum atomic E-state index is -0.0761. The lowest BCUT2D eigenvalue weighted by atomic mass is 10.0. The van der Waals surface area contributed by atoms with Crippen LogP contribution >= 0.6 is 23.2 Å². The van der Waals surface area contributed by atoms with Gasteiger partial charge in [0.15, 0.2) is 11.4 Å². The number of carbonyl (C=O) groups excluding carboxylic acids is 1. The third-order valence-corrected chi connectivity index (χ3v) is 6.66. The fraction of sp³-hybridized carbons (Fsp3) is 0.111. The molecule has 0 atom stereocenters. The van der Waals surface area contributed by atoms with Crippen LogP contribution < -0.4 is 14.8 Å². The lowest BCUT2D eigenvalue weighted by Gasteiger charge is -2.16. The van der Waals surface area contributed by atoms with Crippen LogP contribution in [0.15, 0.2) is 67.6 Å². The zero-order valence-corrected chi connectivity index (χ0v) is 21.5. The first-order valence-electron chi connectivity index (χ1n) is 11.2. The van der Waals surface area contributed by atoms with Crippen molar-refractivity contribution in [3.63, 3.8) is 0 Å². The minimum Gasteiger partial charge on any atom is -0.495 e. The minimum absolute atomic E-state index is 0.0761. The fourth-order valence-corrected chi connectivity index (χ4v) is 4.82. The van der Waals surface area contributed by atoms with Crippen LogP contribution in [0.25, 0.3) is 27.8 Å². The summed E-state index contributed by atoms with van der Waals surface area (Å²) in [4.78, 5) is 25.7. The first kappa shape index (κ1) is 24.5. The van der Waals surface area contributed by atoms with Crippen LogP contribution in [0.1, 0.15) is 5.56 Å². The van der Waals surface area contributed by atoms with E-state index < -0.39 is 0 Å². The molecule has 1 N–H and O–H groups in total. The topological polar surface area (TPSA) is 90.6 Å². The maximum absolute atomic E-state index is 11.9. The number of halogens is 2. The number of para-hydroxylation sites is 1. The van der Waals surface area contributed by atoms with Gasteiger partial charge in [0.05, 0.1) is 24.3 Å². The van der Waals surface area contributed by atoms with Crippen LogP contribution in [0.3, 0.4) is 0 Å². The Labute approximate surface area is 222 Å². The van der Waals surface area contributed by atoms with Gasteiger partial charge in [-0.3, -0.25) is 9.20 Å². The van der Waals surface area contributed by atoms with Gasteiger partial charge in [0, 0.05) is 53.3 Å². The number of ether oxygens (including phenoxy) is 2. The Morgan fingerprint density at radius 3 is 2.51 bits per heavy atom. The van der Waals surface area contributed by atoms with Gasteiger partial charge >= 0.3 is 0 Å². The number of allylic oxidation sites excluding steroid dienone is 1. The van der Waals surface area contributed by atoms with E-state index in [2.05, 4.69) is 21.9 Å². The molecule has 10 heteroatoms. The number of nitrogens with one attached hydrogen (secondary N) is 1. The molecule has 0 spiro atoms. The number of carbonyl (C=O) groups is 1. The van der Waals surface area contributed by atoms with Crippen LogP contribution in [0.2, 0.25) is 10.0 Å². The largest absolute Gasteiger partial charge is 0.495 e. The second kappa shape index (κ2) is 10.1. The number of nitrogens with zero attached hydrogens (tertiary/aromatic N) is 4. The highest BCUT2D eigenvalue weighted by Crippen LogP contribution is 2.47. The molecule has 0 fully saturated rings. The van der Waals surface area contributed by atoms with Gasteiger partial charge in [0.25, 0.3) is 0 Å². The number of benzene rings is 2. The monoisotopic (exact) mass is 533 g/mol. The van der Waals surface area contributed by atoms with Crippen LogP contribution in [0.5, 0.6) is 11.5 Å². The second-order valence-corrected chi connectivity index (χ2v) is 8.82. The Kier molecular flexibility index (Phi) is 6.69. The van der Waals surface area contributed by atoms with E-state index in [0.29, 0.717) is 49.9 Å². The van der Waals surface area contributed by atoms with Crippen LogP contribution in [-0.2, 0) is 11.2 Å². The summed E-state index contributed by atoms with van der Waals surface area (Å²) in [7, 11) is 3.05. The van der Waals surface area contributed by atoms with Crippen molar-refractivity contribution < 1.29 is 14.3 Å². The predicted molar refractivity (Wildman–Crippen MR) is 145 cm³/mol. The van der Waals surface area contributed by atoms with E-state index in [4.69, 9.17) is 37.7 Å². The highest BCUT2D eigenvalue weighted by molar-refractivity contribution is 6.41. The first-order valence-corrected chi connectivity index (χ1v) is 11.9. The van der Waals surface area contributed by atoms with Crippen molar-refractivity contribution in [2.75, 3.05) is 19.5 Å². The summed E-state index contributed by atoms with van der Waals surface area (Å²) in [5.74, 6) is 1.14. The third kappa shape index (κ3) is 4.45. The van der Waals surface area contributed by atoms with Crippen molar-refractivity contribution >= 4 is 57.3 Å². The molecule has 0 saturated carbocycles. The molecule has 0 saturated heterocycles. The number of fused-ring (bicyclic) bond motifs is 3. The number of methoxy groups -OCH3 is 2. The van der Waals surface area contributed by atoms with Gasteiger partial charge < -0.3 is 14.8 Å². The lowest BCUT2D eigenvalue weighted by molar-refractivity contribution is -0.114. The zero-order valence-electron chi connectivity index (χ0n) is 20.0. The van der Waals surface area contributed by atoms with Crippen LogP contribution in [0.4, 0.5) is 11.6 Å². The normalized spacial score (nSPS) is 11.0. The summed E-state index contributed by atoms with van der Waals surface area (Å²) in [5, 5.41) is 4.63. The highest BCUT2D eigenvalue weighted by Gasteiger charge is 2.22. The number of aromatic nitrogens is 4. The summed E-state index contributed by atoms with van der Waals surface area (Å²) >= 11 is 13.4. The molecule has 0 aliphatic rings. The van der Waals surface area contributed by atoms with Crippen molar-refractivity contribution in [3.05, 3.63) is 83.3 Å². The number of hydrogen-bond donors (Lipinski definition) is 1. The number of pyridine rings is 1. The van der Waals surface area contributed by atoms with Crippen LogP contribution in [-0.4, -0.2) is 39.4 Å². The molecule has 186 valence electrons. The Balaban J connectivity index is 1.64. The molecule has 0 radical (unpaired) electrons. The number of rotatable bonds is 8. The summed E-state index contributed by atoms with van der Waals surface area (Å²) in [6, 6.07) is 11.0. The van der Waals surface area contributed by atoms with Gasteiger partial charge in [-0.1, -0.05) is 48.0 Å². The Morgan fingerprint density at radius 2 is 1.81 bits per heavy atom. The van der Waals surface area contributed by atoms with Crippen molar-refractivity contribution in [2.24, 2.45) is 0 Å². The van der Waals surface area contributed by atoms with Crippen molar-refractivity contribution in [1.29, 1.82) is 0 Å². The standard InChI is InChI=1S/C27H21Cl2N5O3/c1-4-17(35)11-15-7-5-6-8-19(15)32-27-31-14-16-12-18(26-30-9-10-34(26)25(16)33-27)22-23(28)20(36-2)13-21(37-3)24(22)29/h4-10,12-14H,1,11H2,2-3H3,(H,31,32,33). The van der Waals surface area contributed by atoms with E-state index in [1.807, 2.05) is 34.7 Å². The quantitative estimate of drug-likeness (QED) is 0.233. The SMILES string of the molecule is C=CC(=O)Cc1ccccc1Nc1ncc2cc(-c3c(Cl)c(OC)cc(OC)c3Cl)c3nccn3c2n1. The first-order chi connectivity index (χ1) is 17.9. The maximum atomic E-state index is 11.9. The highest BCUT2D eigenvalue weighted by atomic mass is 35.5. The number of ketones is 1. The molecule has 37 heavy (non-hydrogen) atoms. The number of hydrogen-bond acceptors (Lipinski definition) is 7. The second-order valence-electron chi connectivity index (χ2n) is 8.06.